The number of fused-ring (bicyclic) bond motifs is 2. The molecule has 0 unspecified atom stereocenters. The van der Waals surface area contributed by atoms with E-state index in [1.807, 2.05) is 29.3 Å². The number of hydrogen-bond donors (Lipinski definition) is 1. The van der Waals surface area contributed by atoms with Crippen molar-refractivity contribution in [3.8, 4) is 0 Å². The van der Waals surface area contributed by atoms with Gasteiger partial charge < -0.3 is 15.0 Å². The average molecular weight is 401 g/mol. The van der Waals surface area contributed by atoms with Gasteiger partial charge in [-0.25, -0.2) is 9.97 Å². The van der Waals surface area contributed by atoms with Crippen LogP contribution in [0.1, 0.15) is 33.6 Å². The molecule has 30 heavy (non-hydrogen) atoms. The topological polar surface area (TPSA) is 80.2 Å². The number of rotatable bonds is 4. The number of carbonyl (C=O) groups is 1. The van der Waals surface area contributed by atoms with E-state index >= 15 is 0 Å². The van der Waals surface area contributed by atoms with Gasteiger partial charge in [-0.2, -0.15) is 0 Å². The highest BCUT2D eigenvalue weighted by Crippen LogP contribution is 2.39. The van der Waals surface area contributed by atoms with Crippen LogP contribution in [0.3, 0.4) is 0 Å². The Morgan fingerprint density at radius 2 is 2.00 bits per heavy atom. The summed E-state index contributed by atoms with van der Waals surface area (Å²) in [5.74, 6) is 0.635. The van der Waals surface area contributed by atoms with Crippen LogP contribution in [0.25, 0.3) is 0 Å². The lowest BCUT2D eigenvalue weighted by Crippen LogP contribution is -2.41. The molecule has 1 aromatic carbocycles. The smallest absolute Gasteiger partial charge is 0.253 e. The standard InChI is InChI=1S/C23H23N5O2/c29-21(18-6-9-24-10-7-18)28-11-8-23(15-28)16-30-14-19-13-26-22(27-20(19)23)25-12-17-4-2-1-3-5-17/h1-7,9-10,13H,8,11-12,14-16H2,(H,25,26,27)/t23-/m0/s1. The first-order valence-corrected chi connectivity index (χ1v) is 10.1. The van der Waals surface area contributed by atoms with Gasteiger partial charge in [0.15, 0.2) is 0 Å². The second kappa shape index (κ2) is 7.84. The zero-order valence-electron chi connectivity index (χ0n) is 16.6. The van der Waals surface area contributed by atoms with Crippen molar-refractivity contribution in [2.75, 3.05) is 25.0 Å². The fraction of sp³-hybridized carbons (Fsp3) is 0.304. The van der Waals surface area contributed by atoms with Gasteiger partial charge in [0.25, 0.3) is 5.91 Å². The highest BCUT2D eigenvalue weighted by atomic mass is 16.5. The van der Waals surface area contributed by atoms with Gasteiger partial charge in [0.2, 0.25) is 5.95 Å². The predicted octanol–water partition coefficient (Wildman–Crippen LogP) is 2.80. The number of nitrogens with zero attached hydrogens (tertiary/aromatic N) is 4. The molecule has 0 saturated carbocycles. The number of benzene rings is 1. The number of pyridine rings is 1. The van der Waals surface area contributed by atoms with Crippen LogP contribution in [-0.2, 0) is 23.3 Å². The van der Waals surface area contributed by atoms with E-state index in [1.54, 1.807) is 24.5 Å². The van der Waals surface area contributed by atoms with Crippen LogP contribution in [0, 0.1) is 0 Å². The summed E-state index contributed by atoms with van der Waals surface area (Å²) in [6.07, 6.45) is 5.97. The normalized spacial score (nSPS) is 20.2. The minimum atomic E-state index is -0.289. The monoisotopic (exact) mass is 401 g/mol. The summed E-state index contributed by atoms with van der Waals surface area (Å²) in [5.41, 5.74) is 3.55. The Labute approximate surface area is 175 Å². The van der Waals surface area contributed by atoms with Gasteiger partial charge in [-0.1, -0.05) is 30.3 Å². The van der Waals surface area contributed by atoms with E-state index in [0.717, 1.165) is 17.7 Å². The third-order valence-electron chi connectivity index (χ3n) is 5.86. The maximum atomic E-state index is 12.9. The lowest BCUT2D eigenvalue weighted by molar-refractivity contribution is 0.0485. The Morgan fingerprint density at radius 3 is 2.83 bits per heavy atom. The lowest BCUT2D eigenvalue weighted by atomic mass is 9.80. The molecule has 0 radical (unpaired) electrons. The summed E-state index contributed by atoms with van der Waals surface area (Å²) in [5, 5.41) is 3.33. The van der Waals surface area contributed by atoms with Crippen LogP contribution < -0.4 is 5.32 Å². The molecule has 4 heterocycles. The van der Waals surface area contributed by atoms with Crippen molar-refractivity contribution in [2.45, 2.75) is 25.0 Å². The molecule has 1 N–H and O–H groups in total. The van der Waals surface area contributed by atoms with Gasteiger partial charge >= 0.3 is 0 Å². The summed E-state index contributed by atoms with van der Waals surface area (Å²) < 4.78 is 5.89. The summed E-state index contributed by atoms with van der Waals surface area (Å²) in [4.78, 5) is 28.2. The third kappa shape index (κ3) is 3.52. The number of amides is 1. The third-order valence-corrected chi connectivity index (χ3v) is 5.86. The molecule has 5 rings (SSSR count). The van der Waals surface area contributed by atoms with E-state index in [-0.39, 0.29) is 11.3 Å². The molecule has 0 bridgehead atoms. The van der Waals surface area contributed by atoms with Gasteiger partial charge in [-0.3, -0.25) is 9.78 Å². The second-order valence-corrected chi connectivity index (χ2v) is 7.89. The molecule has 2 aliphatic heterocycles. The number of carbonyl (C=O) groups excluding carboxylic acids is 1. The molecule has 152 valence electrons. The molecule has 1 amide bonds. The van der Waals surface area contributed by atoms with Crippen molar-refractivity contribution in [3.05, 3.63) is 83.4 Å². The van der Waals surface area contributed by atoms with Gasteiger partial charge in [0.05, 0.1) is 24.3 Å². The maximum absolute atomic E-state index is 12.9. The summed E-state index contributed by atoms with van der Waals surface area (Å²) >= 11 is 0. The number of nitrogens with one attached hydrogen (secondary N) is 1. The van der Waals surface area contributed by atoms with Crippen molar-refractivity contribution >= 4 is 11.9 Å². The number of likely N-dealkylation sites (tertiary alicyclic amines) is 1. The van der Waals surface area contributed by atoms with Crippen LogP contribution in [-0.4, -0.2) is 45.5 Å². The van der Waals surface area contributed by atoms with Crippen molar-refractivity contribution in [2.24, 2.45) is 0 Å². The zero-order valence-corrected chi connectivity index (χ0v) is 16.6. The Bertz CT molecular complexity index is 1040. The fourth-order valence-electron chi connectivity index (χ4n) is 4.29. The molecule has 1 atom stereocenters. The van der Waals surface area contributed by atoms with Gasteiger partial charge in [0, 0.05) is 49.4 Å². The van der Waals surface area contributed by atoms with Crippen molar-refractivity contribution in [1.82, 2.24) is 19.9 Å². The van der Waals surface area contributed by atoms with E-state index in [9.17, 15) is 4.79 Å². The molecular weight excluding hydrogens is 378 g/mol. The fourth-order valence-corrected chi connectivity index (χ4v) is 4.29. The SMILES string of the molecule is O=C(c1ccncc1)N1CC[C@@]2(COCc3cnc(NCc4ccccc4)nc32)C1. The zero-order chi connectivity index (χ0) is 20.4. The first-order chi connectivity index (χ1) is 14.7. The molecule has 2 aromatic heterocycles. The van der Waals surface area contributed by atoms with Crippen LogP contribution in [0.5, 0.6) is 0 Å². The molecule has 7 heteroatoms. The lowest BCUT2D eigenvalue weighted by Gasteiger charge is -2.34. The van der Waals surface area contributed by atoms with E-state index < -0.39 is 0 Å². The summed E-state index contributed by atoms with van der Waals surface area (Å²) in [6.45, 7) is 3.01. The molecule has 1 spiro atoms. The van der Waals surface area contributed by atoms with Gasteiger partial charge in [-0.15, -0.1) is 0 Å². The van der Waals surface area contributed by atoms with E-state index in [4.69, 9.17) is 9.72 Å². The minimum Gasteiger partial charge on any atom is -0.376 e. The van der Waals surface area contributed by atoms with E-state index in [1.165, 1.54) is 5.56 Å². The molecule has 2 aliphatic rings. The highest BCUT2D eigenvalue weighted by Gasteiger charge is 2.46. The molecule has 1 fully saturated rings. The van der Waals surface area contributed by atoms with Crippen molar-refractivity contribution in [1.29, 1.82) is 0 Å². The van der Waals surface area contributed by atoms with Crippen LogP contribution in [0.15, 0.2) is 61.1 Å². The quantitative estimate of drug-likeness (QED) is 0.724. The predicted molar refractivity (Wildman–Crippen MR) is 112 cm³/mol. The maximum Gasteiger partial charge on any atom is 0.253 e. The number of hydrogen-bond acceptors (Lipinski definition) is 6. The summed E-state index contributed by atoms with van der Waals surface area (Å²) in [6, 6.07) is 13.7. The van der Waals surface area contributed by atoms with Crippen LogP contribution in [0.4, 0.5) is 5.95 Å². The van der Waals surface area contributed by atoms with Crippen molar-refractivity contribution < 1.29 is 9.53 Å². The number of aromatic nitrogens is 3. The largest absolute Gasteiger partial charge is 0.376 e. The van der Waals surface area contributed by atoms with Gasteiger partial charge in [-0.05, 0) is 24.1 Å². The Balaban J connectivity index is 1.37. The van der Waals surface area contributed by atoms with Crippen LogP contribution >= 0.6 is 0 Å². The molecule has 3 aromatic rings. The van der Waals surface area contributed by atoms with Crippen molar-refractivity contribution in [3.63, 3.8) is 0 Å². The average Bonchev–Trinajstić information content (AvgIpc) is 3.23. The summed E-state index contributed by atoms with van der Waals surface area (Å²) in [7, 11) is 0. The van der Waals surface area contributed by atoms with Gasteiger partial charge in [0.1, 0.15) is 0 Å². The molecule has 0 aliphatic carbocycles. The molecular formula is C23H23N5O2. The number of ether oxygens (including phenoxy) is 1. The Morgan fingerprint density at radius 1 is 1.17 bits per heavy atom. The Kier molecular flexibility index (Phi) is 4.88. The molecule has 7 nitrogen and oxygen atoms in total. The Hall–Kier alpha value is -3.32. The minimum absolute atomic E-state index is 0.0258. The molecule has 1 saturated heterocycles. The van der Waals surface area contributed by atoms with Crippen LogP contribution in [0.2, 0.25) is 0 Å². The van der Waals surface area contributed by atoms with E-state index in [2.05, 4.69) is 27.4 Å². The highest BCUT2D eigenvalue weighted by molar-refractivity contribution is 5.94. The number of anilines is 1. The second-order valence-electron chi connectivity index (χ2n) is 7.89. The van der Waals surface area contributed by atoms with E-state index in [0.29, 0.717) is 44.4 Å². The first-order valence-electron chi connectivity index (χ1n) is 10.1. The first kappa shape index (κ1) is 18.7.